The minimum atomic E-state index is -0.341. The van der Waals surface area contributed by atoms with Crippen LogP contribution in [0.4, 0.5) is 0 Å². The summed E-state index contributed by atoms with van der Waals surface area (Å²) in [6.07, 6.45) is 0.556. The summed E-state index contributed by atoms with van der Waals surface area (Å²) in [6.45, 7) is 0. The van der Waals surface area contributed by atoms with E-state index in [1.54, 1.807) is 27.4 Å². The number of ether oxygens (including phenoxy) is 4. The molecule has 3 rings (SSSR count). The average Bonchev–Trinajstić information content (AvgIpc) is 2.60. The van der Waals surface area contributed by atoms with Gasteiger partial charge in [0.25, 0.3) is 0 Å². The summed E-state index contributed by atoms with van der Waals surface area (Å²) in [5.41, 5.74) is 1.82. The van der Waals surface area contributed by atoms with Gasteiger partial charge in [0.2, 0.25) is 0 Å². The predicted molar refractivity (Wildman–Crippen MR) is 84.6 cm³/mol. The standard InChI is InChI=1S/C18H18O5/c1-20-13-6-4-11(5-7-13)14-8-12-9-16(21-2)17(22-3)10-15(12)23-18(14)19/h4-7,9-10,14H,8H2,1-3H3. The molecule has 0 spiro atoms. The molecule has 120 valence electrons. The minimum Gasteiger partial charge on any atom is -0.497 e. The zero-order valence-corrected chi connectivity index (χ0v) is 13.3. The Morgan fingerprint density at radius 1 is 0.957 bits per heavy atom. The molecule has 0 radical (unpaired) electrons. The molecule has 1 unspecified atom stereocenters. The summed E-state index contributed by atoms with van der Waals surface area (Å²) >= 11 is 0. The highest BCUT2D eigenvalue weighted by Crippen LogP contribution is 2.40. The van der Waals surface area contributed by atoms with Crippen molar-refractivity contribution >= 4 is 5.97 Å². The van der Waals surface area contributed by atoms with Gasteiger partial charge in [0.1, 0.15) is 11.5 Å². The van der Waals surface area contributed by atoms with Gasteiger partial charge in [0.15, 0.2) is 11.5 Å². The molecule has 0 aromatic heterocycles. The highest BCUT2D eigenvalue weighted by Gasteiger charge is 2.31. The molecule has 0 saturated carbocycles. The van der Waals surface area contributed by atoms with Crippen LogP contribution in [-0.2, 0) is 11.2 Å². The zero-order chi connectivity index (χ0) is 16.4. The Balaban J connectivity index is 1.94. The second-order valence-corrected chi connectivity index (χ2v) is 5.27. The van der Waals surface area contributed by atoms with E-state index >= 15 is 0 Å². The Morgan fingerprint density at radius 3 is 2.22 bits per heavy atom. The highest BCUT2D eigenvalue weighted by atomic mass is 16.5. The summed E-state index contributed by atoms with van der Waals surface area (Å²) in [6, 6.07) is 11.0. The Hall–Kier alpha value is -2.69. The van der Waals surface area contributed by atoms with Crippen LogP contribution in [0.3, 0.4) is 0 Å². The smallest absolute Gasteiger partial charge is 0.319 e. The van der Waals surface area contributed by atoms with E-state index in [-0.39, 0.29) is 11.9 Å². The van der Waals surface area contributed by atoms with Gasteiger partial charge in [-0.15, -0.1) is 0 Å². The number of methoxy groups -OCH3 is 3. The molecule has 0 N–H and O–H groups in total. The van der Waals surface area contributed by atoms with Crippen molar-refractivity contribution in [2.75, 3.05) is 21.3 Å². The number of benzene rings is 2. The van der Waals surface area contributed by atoms with E-state index < -0.39 is 0 Å². The average molecular weight is 314 g/mol. The molecular formula is C18H18O5. The van der Waals surface area contributed by atoms with Gasteiger partial charge in [0.05, 0.1) is 27.2 Å². The third-order valence-corrected chi connectivity index (χ3v) is 4.00. The Labute approximate surface area is 134 Å². The maximum Gasteiger partial charge on any atom is 0.319 e. The number of carbonyl (C=O) groups is 1. The predicted octanol–water partition coefficient (Wildman–Crippen LogP) is 2.96. The largest absolute Gasteiger partial charge is 0.497 e. The van der Waals surface area contributed by atoms with Gasteiger partial charge in [-0.3, -0.25) is 4.79 Å². The van der Waals surface area contributed by atoms with Crippen molar-refractivity contribution in [3.8, 4) is 23.0 Å². The molecule has 1 aliphatic rings. The quantitative estimate of drug-likeness (QED) is 0.641. The van der Waals surface area contributed by atoms with Crippen molar-refractivity contribution in [1.29, 1.82) is 0 Å². The molecule has 0 amide bonds. The summed E-state index contributed by atoms with van der Waals surface area (Å²) in [5.74, 6) is 1.84. The van der Waals surface area contributed by atoms with Crippen molar-refractivity contribution in [2.24, 2.45) is 0 Å². The van der Waals surface area contributed by atoms with E-state index in [4.69, 9.17) is 18.9 Å². The van der Waals surface area contributed by atoms with E-state index in [0.29, 0.717) is 23.7 Å². The summed E-state index contributed by atoms with van der Waals surface area (Å²) in [4.78, 5) is 12.3. The number of fused-ring (bicyclic) bond motifs is 1. The lowest BCUT2D eigenvalue weighted by Crippen LogP contribution is -2.26. The van der Waals surface area contributed by atoms with Crippen LogP contribution in [-0.4, -0.2) is 27.3 Å². The third kappa shape index (κ3) is 2.82. The fourth-order valence-electron chi connectivity index (χ4n) is 2.73. The van der Waals surface area contributed by atoms with Crippen LogP contribution in [0.25, 0.3) is 0 Å². The summed E-state index contributed by atoms with van der Waals surface area (Å²) in [5, 5.41) is 0. The number of carbonyl (C=O) groups excluding carboxylic acids is 1. The molecule has 5 nitrogen and oxygen atoms in total. The van der Waals surface area contributed by atoms with E-state index in [0.717, 1.165) is 16.9 Å². The van der Waals surface area contributed by atoms with Crippen molar-refractivity contribution in [3.05, 3.63) is 47.5 Å². The molecular weight excluding hydrogens is 296 g/mol. The number of hydrogen-bond acceptors (Lipinski definition) is 5. The second-order valence-electron chi connectivity index (χ2n) is 5.27. The van der Waals surface area contributed by atoms with Crippen molar-refractivity contribution < 1.29 is 23.7 Å². The zero-order valence-electron chi connectivity index (χ0n) is 13.3. The normalized spacial score (nSPS) is 16.3. The lowest BCUT2D eigenvalue weighted by Gasteiger charge is -2.25. The lowest BCUT2D eigenvalue weighted by atomic mass is 9.89. The fourth-order valence-corrected chi connectivity index (χ4v) is 2.73. The van der Waals surface area contributed by atoms with Crippen LogP contribution in [0.15, 0.2) is 36.4 Å². The highest BCUT2D eigenvalue weighted by molar-refractivity contribution is 5.83. The van der Waals surface area contributed by atoms with Gasteiger partial charge >= 0.3 is 5.97 Å². The molecule has 1 aliphatic heterocycles. The number of rotatable bonds is 4. The van der Waals surface area contributed by atoms with Crippen LogP contribution >= 0.6 is 0 Å². The molecule has 0 bridgehead atoms. The van der Waals surface area contributed by atoms with E-state index in [1.165, 1.54) is 0 Å². The minimum absolute atomic E-state index is 0.269. The van der Waals surface area contributed by atoms with E-state index in [9.17, 15) is 4.79 Å². The SMILES string of the molecule is COc1ccc(C2Cc3cc(OC)c(OC)cc3OC2=O)cc1. The number of esters is 1. The first-order valence-electron chi connectivity index (χ1n) is 7.26. The van der Waals surface area contributed by atoms with Gasteiger partial charge in [-0.05, 0) is 30.2 Å². The number of hydrogen-bond donors (Lipinski definition) is 0. The maximum atomic E-state index is 12.3. The van der Waals surface area contributed by atoms with Crippen molar-refractivity contribution in [2.45, 2.75) is 12.3 Å². The fraction of sp³-hybridized carbons (Fsp3) is 0.278. The first-order chi connectivity index (χ1) is 11.2. The topological polar surface area (TPSA) is 54.0 Å². The Morgan fingerprint density at radius 2 is 1.61 bits per heavy atom. The monoisotopic (exact) mass is 314 g/mol. The Kier molecular flexibility index (Phi) is 4.10. The first kappa shape index (κ1) is 15.2. The first-order valence-corrected chi connectivity index (χ1v) is 7.26. The Bertz CT molecular complexity index is 721. The lowest BCUT2D eigenvalue weighted by molar-refractivity contribution is -0.137. The van der Waals surface area contributed by atoms with Crippen molar-refractivity contribution in [3.63, 3.8) is 0 Å². The molecule has 1 heterocycles. The van der Waals surface area contributed by atoms with Crippen LogP contribution in [0.2, 0.25) is 0 Å². The van der Waals surface area contributed by atoms with E-state index in [1.807, 2.05) is 30.3 Å². The maximum absolute atomic E-state index is 12.3. The molecule has 0 fully saturated rings. The molecule has 2 aromatic carbocycles. The molecule has 0 saturated heterocycles. The van der Waals surface area contributed by atoms with Gasteiger partial charge < -0.3 is 18.9 Å². The molecule has 2 aromatic rings. The van der Waals surface area contributed by atoms with Gasteiger partial charge in [-0.25, -0.2) is 0 Å². The van der Waals surface area contributed by atoms with Crippen molar-refractivity contribution in [1.82, 2.24) is 0 Å². The second kappa shape index (κ2) is 6.20. The van der Waals surface area contributed by atoms with Crippen LogP contribution in [0, 0.1) is 0 Å². The van der Waals surface area contributed by atoms with Gasteiger partial charge in [0, 0.05) is 11.6 Å². The van der Waals surface area contributed by atoms with Crippen LogP contribution < -0.4 is 18.9 Å². The van der Waals surface area contributed by atoms with Crippen LogP contribution in [0.1, 0.15) is 17.0 Å². The molecule has 0 aliphatic carbocycles. The van der Waals surface area contributed by atoms with Gasteiger partial charge in [-0.2, -0.15) is 0 Å². The molecule has 1 atom stereocenters. The molecule has 23 heavy (non-hydrogen) atoms. The summed E-state index contributed by atoms with van der Waals surface area (Å²) in [7, 11) is 4.74. The summed E-state index contributed by atoms with van der Waals surface area (Å²) < 4.78 is 21.2. The van der Waals surface area contributed by atoms with Gasteiger partial charge in [-0.1, -0.05) is 12.1 Å². The van der Waals surface area contributed by atoms with E-state index in [2.05, 4.69) is 0 Å². The third-order valence-electron chi connectivity index (χ3n) is 4.00. The molecule has 5 heteroatoms. The van der Waals surface area contributed by atoms with Crippen LogP contribution in [0.5, 0.6) is 23.0 Å².